The third kappa shape index (κ3) is 27.0. The van der Waals surface area contributed by atoms with Gasteiger partial charge in [0.05, 0.1) is 13.2 Å². The molecule has 0 aliphatic heterocycles. The molecule has 0 aromatic carbocycles. The summed E-state index contributed by atoms with van der Waals surface area (Å²) in [5, 5.41) is 0. The Bertz CT molecular complexity index is 724. The molecule has 47 heavy (non-hydrogen) atoms. The number of hydrogen-bond acceptors (Lipinski definition) is 5. The average molecular weight is 666 g/mol. The summed E-state index contributed by atoms with van der Waals surface area (Å²) >= 11 is 0. The summed E-state index contributed by atoms with van der Waals surface area (Å²) < 4.78 is 11.3. The summed E-state index contributed by atoms with van der Waals surface area (Å²) in [4.78, 5) is 39.5. The first-order chi connectivity index (χ1) is 22.4. The number of carbonyl (C=O) groups is 3. The van der Waals surface area contributed by atoms with Gasteiger partial charge in [-0.25, -0.2) is 0 Å². The average Bonchev–Trinajstić information content (AvgIpc) is 3.00. The van der Waals surface area contributed by atoms with Crippen molar-refractivity contribution in [2.75, 3.05) is 26.3 Å². The summed E-state index contributed by atoms with van der Waals surface area (Å²) in [7, 11) is 0. The van der Waals surface area contributed by atoms with Gasteiger partial charge in [0.15, 0.2) is 0 Å². The van der Waals surface area contributed by atoms with Crippen LogP contribution in [-0.2, 0) is 23.9 Å². The molecule has 278 valence electrons. The number of unbranched alkanes of at least 4 members (excludes halogenated alkanes) is 9. The molecule has 0 heterocycles. The van der Waals surface area contributed by atoms with E-state index in [-0.39, 0.29) is 11.9 Å². The Morgan fingerprint density at radius 3 is 1.23 bits per heavy atom. The Balaban J connectivity index is 4.19. The molecule has 0 aromatic heterocycles. The highest BCUT2D eigenvalue weighted by molar-refractivity contribution is 5.76. The largest absolute Gasteiger partial charge is 0.465 e. The topological polar surface area (TPSA) is 72.9 Å². The van der Waals surface area contributed by atoms with Gasteiger partial charge in [-0.15, -0.1) is 0 Å². The van der Waals surface area contributed by atoms with Crippen molar-refractivity contribution in [2.45, 2.75) is 184 Å². The lowest BCUT2D eigenvalue weighted by Gasteiger charge is -2.23. The number of amides is 1. The first-order valence-electron chi connectivity index (χ1n) is 20.0. The van der Waals surface area contributed by atoms with Crippen LogP contribution in [-0.4, -0.2) is 49.0 Å². The highest BCUT2D eigenvalue weighted by Crippen LogP contribution is 2.22. The zero-order chi connectivity index (χ0) is 35.5. The molecule has 0 bridgehead atoms. The van der Waals surface area contributed by atoms with Crippen LogP contribution in [0.1, 0.15) is 184 Å². The van der Waals surface area contributed by atoms with E-state index in [2.05, 4.69) is 67.2 Å². The van der Waals surface area contributed by atoms with Gasteiger partial charge in [-0.2, -0.15) is 0 Å². The Hall–Kier alpha value is -1.59. The number of nitrogens with zero attached hydrogens (tertiary/aromatic N) is 1. The van der Waals surface area contributed by atoms with Crippen LogP contribution < -0.4 is 0 Å². The summed E-state index contributed by atoms with van der Waals surface area (Å²) in [5.74, 6) is 3.51. The summed E-state index contributed by atoms with van der Waals surface area (Å²) in [6.45, 7) is 22.8. The first-order valence-corrected chi connectivity index (χ1v) is 20.0. The maximum atomic E-state index is 12.9. The van der Waals surface area contributed by atoms with E-state index in [1.165, 1.54) is 12.8 Å². The number of rotatable bonds is 31. The SMILES string of the molecule is CCCCC(=O)N(CCCCCCCC(=O)OCC(CCC(C)C)C(C)C)CCCCCCCC(=O)OCC(CCC(C)C)C(C)C. The van der Waals surface area contributed by atoms with Crippen molar-refractivity contribution >= 4 is 17.8 Å². The number of carbonyl (C=O) groups excluding carboxylic acids is 3. The van der Waals surface area contributed by atoms with Crippen molar-refractivity contribution in [3.05, 3.63) is 0 Å². The summed E-state index contributed by atoms with van der Waals surface area (Å²) in [6, 6.07) is 0. The standard InChI is InChI=1S/C41H79NO5/c1-10-11-22-39(43)42(29-20-16-12-14-18-23-40(44)46-31-37(35(6)7)27-25-33(2)3)30-21-17-13-15-19-24-41(45)47-32-38(36(8)9)28-26-34(4)5/h33-38H,10-32H2,1-9H3. The molecule has 0 saturated heterocycles. The highest BCUT2D eigenvalue weighted by atomic mass is 16.5. The lowest BCUT2D eigenvalue weighted by Crippen LogP contribution is -2.32. The molecule has 0 spiro atoms. The van der Waals surface area contributed by atoms with Gasteiger partial charge in [0, 0.05) is 32.4 Å². The Kier molecular flexibility index (Phi) is 28.3. The van der Waals surface area contributed by atoms with Crippen LogP contribution in [0.3, 0.4) is 0 Å². The van der Waals surface area contributed by atoms with Gasteiger partial charge in [-0.3, -0.25) is 14.4 Å². The fourth-order valence-corrected chi connectivity index (χ4v) is 5.91. The van der Waals surface area contributed by atoms with Crippen LogP contribution in [0, 0.1) is 35.5 Å². The van der Waals surface area contributed by atoms with Gasteiger partial charge in [0.2, 0.25) is 5.91 Å². The molecule has 0 radical (unpaired) electrons. The Morgan fingerprint density at radius 1 is 0.489 bits per heavy atom. The van der Waals surface area contributed by atoms with Gasteiger partial charge >= 0.3 is 11.9 Å². The minimum absolute atomic E-state index is 0.0554. The van der Waals surface area contributed by atoms with Gasteiger partial charge in [-0.05, 0) is 80.5 Å². The normalized spacial score (nSPS) is 13.0. The van der Waals surface area contributed by atoms with Crippen LogP contribution in [0.25, 0.3) is 0 Å². The Labute approximate surface area is 292 Å². The van der Waals surface area contributed by atoms with Crippen molar-refractivity contribution in [3.63, 3.8) is 0 Å². The second-order valence-corrected chi connectivity index (χ2v) is 15.8. The molecule has 2 unspecified atom stereocenters. The lowest BCUT2D eigenvalue weighted by molar-refractivity contribution is -0.146. The van der Waals surface area contributed by atoms with E-state index in [4.69, 9.17) is 9.47 Å². The van der Waals surface area contributed by atoms with E-state index in [1.54, 1.807) is 0 Å². The van der Waals surface area contributed by atoms with E-state index < -0.39 is 0 Å². The lowest BCUT2D eigenvalue weighted by atomic mass is 9.89. The molecule has 6 nitrogen and oxygen atoms in total. The van der Waals surface area contributed by atoms with E-state index in [9.17, 15) is 14.4 Å². The van der Waals surface area contributed by atoms with Crippen molar-refractivity contribution in [2.24, 2.45) is 35.5 Å². The fourth-order valence-electron chi connectivity index (χ4n) is 5.91. The minimum atomic E-state index is -0.0554. The molecule has 0 N–H and O–H groups in total. The van der Waals surface area contributed by atoms with Crippen molar-refractivity contribution in [3.8, 4) is 0 Å². The van der Waals surface area contributed by atoms with Crippen LogP contribution in [0.4, 0.5) is 0 Å². The predicted octanol–water partition coefficient (Wildman–Crippen LogP) is 11.2. The maximum absolute atomic E-state index is 12.9. The van der Waals surface area contributed by atoms with Gasteiger partial charge in [-0.1, -0.05) is 120 Å². The summed E-state index contributed by atoms with van der Waals surface area (Å²) in [5.41, 5.74) is 0. The van der Waals surface area contributed by atoms with Gasteiger partial charge < -0.3 is 14.4 Å². The van der Waals surface area contributed by atoms with E-state index in [0.29, 0.717) is 73.9 Å². The number of hydrogen-bond donors (Lipinski definition) is 0. The molecule has 0 aliphatic rings. The number of esters is 2. The fraction of sp³-hybridized carbons (Fsp3) is 0.927. The molecule has 6 heteroatoms. The predicted molar refractivity (Wildman–Crippen MR) is 198 cm³/mol. The molecule has 0 rings (SSSR count). The third-order valence-electron chi connectivity index (χ3n) is 9.75. The molecular formula is C41H79NO5. The molecule has 2 atom stereocenters. The van der Waals surface area contributed by atoms with Crippen LogP contribution in [0.15, 0.2) is 0 Å². The molecule has 0 fully saturated rings. The van der Waals surface area contributed by atoms with Gasteiger partial charge in [0.1, 0.15) is 0 Å². The highest BCUT2D eigenvalue weighted by Gasteiger charge is 2.18. The third-order valence-corrected chi connectivity index (χ3v) is 9.75. The van der Waals surface area contributed by atoms with Crippen molar-refractivity contribution in [1.29, 1.82) is 0 Å². The van der Waals surface area contributed by atoms with Crippen LogP contribution in [0.2, 0.25) is 0 Å². The number of ether oxygens (including phenoxy) is 2. The van der Waals surface area contributed by atoms with Gasteiger partial charge in [0.25, 0.3) is 0 Å². The first kappa shape index (κ1) is 45.4. The summed E-state index contributed by atoms with van der Waals surface area (Å²) in [6.07, 6.45) is 18.5. The molecule has 1 amide bonds. The van der Waals surface area contributed by atoms with Crippen molar-refractivity contribution in [1.82, 2.24) is 4.90 Å². The molecular weight excluding hydrogens is 586 g/mol. The smallest absolute Gasteiger partial charge is 0.305 e. The minimum Gasteiger partial charge on any atom is -0.465 e. The Morgan fingerprint density at radius 2 is 0.872 bits per heavy atom. The van der Waals surface area contributed by atoms with Crippen molar-refractivity contribution < 1.29 is 23.9 Å². The quantitative estimate of drug-likeness (QED) is 0.0544. The maximum Gasteiger partial charge on any atom is 0.305 e. The van der Waals surface area contributed by atoms with Crippen LogP contribution in [0.5, 0.6) is 0 Å². The second-order valence-electron chi connectivity index (χ2n) is 15.8. The van der Waals surface area contributed by atoms with E-state index >= 15 is 0 Å². The molecule has 0 aromatic rings. The zero-order valence-electron chi connectivity index (χ0n) is 32.7. The molecule has 0 saturated carbocycles. The molecule has 0 aliphatic carbocycles. The van der Waals surface area contributed by atoms with E-state index in [0.717, 1.165) is 103 Å². The van der Waals surface area contributed by atoms with E-state index in [1.807, 2.05) is 0 Å². The monoisotopic (exact) mass is 666 g/mol. The zero-order valence-corrected chi connectivity index (χ0v) is 32.7. The van der Waals surface area contributed by atoms with Crippen LogP contribution >= 0.6 is 0 Å². The second kappa shape index (κ2) is 29.3.